The van der Waals surface area contributed by atoms with Crippen LogP contribution >= 0.6 is 0 Å². The third-order valence-corrected chi connectivity index (χ3v) is 4.12. The molecule has 0 radical (unpaired) electrons. The number of rotatable bonds is 5. The van der Waals surface area contributed by atoms with Crippen LogP contribution in [-0.4, -0.2) is 59.2 Å². The summed E-state index contributed by atoms with van der Waals surface area (Å²) in [5, 5.41) is 29.1. The number of nitrogens with zero attached hydrogens (tertiary/aromatic N) is 5. The Hall–Kier alpha value is -2.96. The minimum absolute atomic E-state index is 0.0176. The highest BCUT2D eigenvalue weighted by Crippen LogP contribution is 2.29. The Bertz CT molecular complexity index is 788. The average molecular weight is 343 g/mol. The van der Waals surface area contributed by atoms with Gasteiger partial charge in [-0.25, -0.2) is 0 Å². The molecule has 130 valence electrons. The zero-order chi connectivity index (χ0) is 17.8. The molecule has 1 fully saturated rings. The fourth-order valence-corrected chi connectivity index (χ4v) is 2.76. The summed E-state index contributed by atoms with van der Waals surface area (Å²) in [4.78, 5) is 18.6. The maximum Gasteiger partial charge on any atom is 0.269 e. The van der Waals surface area contributed by atoms with Gasteiger partial charge >= 0.3 is 0 Å². The van der Waals surface area contributed by atoms with Crippen LogP contribution < -0.4 is 4.90 Å². The standard InChI is InChI=1S/C16H17N5O4/c17-11-14-16(20-7-5-19(6-8-20)9-10-22)25-15(18-14)12-1-3-13(4-2-12)21(23)24/h1-4,22H,5-10H2. The number of oxazole rings is 1. The molecule has 1 aromatic carbocycles. The number of hydrogen-bond acceptors (Lipinski definition) is 8. The fourth-order valence-electron chi connectivity index (χ4n) is 2.76. The highest BCUT2D eigenvalue weighted by Gasteiger charge is 2.24. The van der Waals surface area contributed by atoms with Gasteiger partial charge in [-0.15, -0.1) is 0 Å². The molecule has 25 heavy (non-hydrogen) atoms. The maximum absolute atomic E-state index is 10.7. The molecule has 0 atom stereocenters. The zero-order valence-corrected chi connectivity index (χ0v) is 13.5. The van der Waals surface area contributed by atoms with E-state index >= 15 is 0 Å². The van der Waals surface area contributed by atoms with Crippen molar-refractivity contribution in [1.29, 1.82) is 5.26 Å². The van der Waals surface area contributed by atoms with E-state index in [1.54, 1.807) is 12.1 Å². The number of nitro groups is 1. The number of nitriles is 1. The Balaban J connectivity index is 1.80. The van der Waals surface area contributed by atoms with E-state index in [1.807, 2.05) is 11.0 Å². The first-order chi connectivity index (χ1) is 12.1. The molecule has 0 aliphatic carbocycles. The lowest BCUT2D eigenvalue weighted by atomic mass is 10.2. The number of aromatic nitrogens is 1. The molecule has 9 heteroatoms. The van der Waals surface area contributed by atoms with Crippen LogP contribution in [0, 0.1) is 21.4 Å². The van der Waals surface area contributed by atoms with Crippen LogP contribution in [0.25, 0.3) is 11.5 Å². The number of non-ortho nitro benzene ring substituents is 1. The Morgan fingerprint density at radius 1 is 1.28 bits per heavy atom. The molecule has 1 saturated heterocycles. The Morgan fingerprint density at radius 3 is 2.52 bits per heavy atom. The third-order valence-electron chi connectivity index (χ3n) is 4.12. The number of hydrogen-bond donors (Lipinski definition) is 1. The van der Waals surface area contributed by atoms with E-state index in [9.17, 15) is 15.4 Å². The van der Waals surface area contributed by atoms with Gasteiger partial charge in [0.1, 0.15) is 6.07 Å². The van der Waals surface area contributed by atoms with Crippen molar-refractivity contribution < 1.29 is 14.4 Å². The second-order valence-electron chi connectivity index (χ2n) is 5.64. The van der Waals surface area contributed by atoms with Crippen molar-refractivity contribution >= 4 is 11.6 Å². The molecule has 2 heterocycles. The predicted octanol–water partition coefficient (Wildman–Crippen LogP) is 1.24. The van der Waals surface area contributed by atoms with Crippen molar-refractivity contribution in [3.05, 3.63) is 40.1 Å². The lowest BCUT2D eigenvalue weighted by Crippen LogP contribution is -2.47. The molecule has 9 nitrogen and oxygen atoms in total. The van der Waals surface area contributed by atoms with Crippen LogP contribution in [0.4, 0.5) is 11.6 Å². The van der Waals surface area contributed by atoms with Crippen LogP contribution in [0.1, 0.15) is 5.69 Å². The van der Waals surface area contributed by atoms with Crippen LogP contribution in [0.15, 0.2) is 28.7 Å². The van der Waals surface area contributed by atoms with Gasteiger partial charge in [-0.05, 0) is 12.1 Å². The van der Waals surface area contributed by atoms with Gasteiger partial charge in [0, 0.05) is 50.4 Å². The van der Waals surface area contributed by atoms with E-state index in [0.29, 0.717) is 31.1 Å². The smallest absolute Gasteiger partial charge is 0.269 e. The van der Waals surface area contributed by atoms with E-state index < -0.39 is 4.92 Å². The van der Waals surface area contributed by atoms with Crippen molar-refractivity contribution in [2.45, 2.75) is 0 Å². The van der Waals surface area contributed by atoms with Gasteiger partial charge in [0.15, 0.2) is 0 Å². The normalized spacial score (nSPS) is 15.1. The largest absolute Gasteiger partial charge is 0.419 e. The summed E-state index contributed by atoms with van der Waals surface area (Å²) in [6.45, 7) is 3.62. The van der Waals surface area contributed by atoms with E-state index in [-0.39, 0.29) is 23.9 Å². The predicted molar refractivity (Wildman–Crippen MR) is 89.0 cm³/mol. The Kier molecular flexibility index (Phi) is 4.92. The monoisotopic (exact) mass is 343 g/mol. The van der Waals surface area contributed by atoms with Gasteiger partial charge in [-0.2, -0.15) is 10.2 Å². The second kappa shape index (κ2) is 7.29. The molecule has 1 N–H and O–H groups in total. The lowest BCUT2D eigenvalue weighted by Gasteiger charge is -2.34. The highest BCUT2D eigenvalue weighted by atomic mass is 16.6. The van der Waals surface area contributed by atoms with Crippen molar-refractivity contribution in [3.63, 3.8) is 0 Å². The first kappa shape index (κ1) is 16.9. The maximum atomic E-state index is 10.7. The van der Waals surface area contributed by atoms with Gasteiger partial charge in [0.2, 0.25) is 17.5 Å². The first-order valence-corrected chi connectivity index (χ1v) is 7.86. The average Bonchev–Trinajstić information content (AvgIpc) is 3.07. The Labute approximate surface area is 143 Å². The minimum atomic E-state index is -0.475. The van der Waals surface area contributed by atoms with Crippen molar-refractivity contribution in [2.75, 3.05) is 44.2 Å². The fraction of sp³-hybridized carbons (Fsp3) is 0.375. The molecular formula is C16H17N5O4. The summed E-state index contributed by atoms with van der Waals surface area (Å²) in [5.74, 6) is 0.679. The summed E-state index contributed by atoms with van der Waals surface area (Å²) in [6.07, 6.45) is 0. The molecule has 1 aliphatic heterocycles. The molecule has 0 amide bonds. The molecule has 1 aromatic heterocycles. The van der Waals surface area contributed by atoms with E-state index in [2.05, 4.69) is 9.88 Å². The van der Waals surface area contributed by atoms with Crippen LogP contribution in [-0.2, 0) is 0 Å². The summed E-state index contributed by atoms with van der Waals surface area (Å²) in [6, 6.07) is 7.89. The van der Waals surface area contributed by atoms with E-state index in [1.165, 1.54) is 12.1 Å². The highest BCUT2D eigenvalue weighted by molar-refractivity contribution is 5.61. The third kappa shape index (κ3) is 3.60. The van der Waals surface area contributed by atoms with Gasteiger partial charge in [0.25, 0.3) is 5.69 Å². The number of β-amino-alcohol motifs (C(OH)–C–C–N with tert-alkyl or cyclic N) is 1. The molecule has 0 bridgehead atoms. The molecular weight excluding hydrogens is 326 g/mol. The van der Waals surface area contributed by atoms with Crippen molar-refractivity contribution in [1.82, 2.24) is 9.88 Å². The van der Waals surface area contributed by atoms with Crippen LogP contribution in [0.2, 0.25) is 0 Å². The zero-order valence-electron chi connectivity index (χ0n) is 13.5. The summed E-state index contributed by atoms with van der Waals surface area (Å²) in [7, 11) is 0. The summed E-state index contributed by atoms with van der Waals surface area (Å²) >= 11 is 0. The number of piperazine rings is 1. The van der Waals surface area contributed by atoms with Crippen molar-refractivity contribution in [3.8, 4) is 17.5 Å². The number of aliphatic hydroxyl groups excluding tert-OH is 1. The quantitative estimate of drug-likeness (QED) is 0.636. The first-order valence-electron chi connectivity index (χ1n) is 7.86. The summed E-state index contributed by atoms with van der Waals surface area (Å²) in [5.41, 5.74) is 0.757. The number of aliphatic hydroxyl groups is 1. The number of benzene rings is 1. The molecule has 0 spiro atoms. The van der Waals surface area contributed by atoms with Crippen LogP contribution in [0.5, 0.6) is 0 Å². The Morgan fingerprint density at radius 2 is 1.96 bits per heavy atom. The van der Waals surface area contributed by atoms with Crippen molar-refractivity contribution in [2.24, 2.45) is 0 Å². The van der Waals surface area contributed by atoms with Gasteiger partial charge in [-0.1, -0.05) is 0 Å². The van der Waals surface area contributed by atoms with Crippen LogP contribution in [0.3, 0.4) is 0 Å². The lowest BCUT2D eigenvalue weighted by molar-refractivity contribution is -0.384. The van der Waals surface area contributed by atoms with Gasteiger partial charge in [0.05, 0.1) is 11.5 Å². The number of nitro benzene ring substituents is 1. The molecule has 3 rings (SSSR count). The number of anilines is 1. The topological polar surface area (TPSA) is 120 Å². The van der Waals surface area contributed by atoms with E-state index in [0.717, 1.165) is 13.1 Å². The summed E-state index contributed by atoms with van der Waals surface area (Å²) < 4.78 is 5.78. The minimum Gasteiger partial charge on any atom is -0.419 e. The van der Waals surface area contributed by atoms with E-state index in [4.69, 9.17) is 9.52 Å². The molecule has 0 saturated carbocycles. The SMILES string of the molecule is N#Cc1nc(-c2ccc([N+](=O)[O-])cc2)oc1N1CCN(CCO)CC1. The van der Waals surface area contributed by atoms with Gasteiger partial charge in [-0.3, -0.25) is 15.0 Å². The second-order valence-corrected chi connectivity index (χ2v) is 5.64. The van der Waals surface area contributed by atoms with Gasteiger partial charge < -0.3 is 14.4 Å². The molecule has 2 aromatic rings. The molecule has 0 unspecified atom stereocenters. The molecule has 1 aliphatic rings.